The van der Waals surface area contributed by atoms with Crippen LogP contribution in [0.15, 0.2) is 72.8 Å². The molecule has 3 nitrogen and oxygen atoms in total. The third kappa shape index (κ3) is 3.36. The molecule has 3 aromatic carbocycles. The number of rotatable bonds is 4. The number of hydrogen-bond acceptors (Lipinski definition) is 2. The minimum Gasteiger partial charge on any atom is -0.497 e. The van der Waals surface area contributed by atoms with Crippen molar-refractivity contribution in [3.8, 4) is 39.7 Å². The molecule has 1 heterocycles. The monoisotopic (exact) mass is 354 g/mol. The first kappa shape index (κ1) is 17.1. The van der Waals surface area contributed by atoms with Crippen molar-refractivity contribution in [2.45, 2.75) is 13.8 Å². The van der Waals surface area contributed by atoms with Crippen LogP contribution in [-0.2, 0) is 0 Å². The van der Waals surface area contributed by atoms with Crippen molar-refractivity contribution in [2.75, 3.05) is 7.11 Å². The van der Waals surface area contributed by atoms with Gasteiger partial charge in [-0.1, -0.05) is 54.6 Å². The van der Waals surface area contributed by atoms with Gasteiger partial charge in [0, 0.05) is 16.7 Å². The van der Waals surface area contributed by atoms with Gasteiger partial charge >= 0.3 is 0 Å². The summed E-state index contributed by atoms with van der Waals surface area (Å²) in [5.74, 6) is 1.65. The van der Waals surface area contributed by atoms with Gasteiger partial charge in [-0.25, -0.2) is 4.98 Å². The normalized spacial score (nSPS) is 10.8. The predicted octanol–water partition coefficient (Wildman–Crippen LogP) is 6.04. The molecule has 4 aromatic rings. The van der Waals surface area contributed by atoms with Crippen LogP contribution in [0.3, 0.4) is 0 Å². The highest BCUT2D eigenvalue weighted by Crippen LogP contribution is 2.34. The number of aryl methyl sites for hydroxylation is 2. The van der Waals surface area contributed by atoms with Gasteiger partial charge in [0.25, 0.3) is 0 Å². The molecule has 0 saturated heterocycles. The maximum atomic E-state index is 5.37. The predicted molar refractivity (Wildman–Crippen MR) is 111 cm³/mol. The van der Waals surface area contributed by atoms with E-state index < -0.39 is 0 Å². The summed E-state index contributed by atoms with van der Waals surface area (Å²) in [6.45, 7) is 4.26. The summed E-state index contributed by atoms with van der Waals surface area (Å²) in [6, 6.07) is 24.8. The molecule has 3 heteroatoms. The quantitative estimate of drug-likeness (QED) is 0.485. The van der Waals surface area contributed by atoms with Gasteiger partial charge in [-0.05, 0) is 43.2 Å². The maximum absolute atomic E-state index is 5.37. The largest absolute Gasteiger partial charge is 0.497 e. The van der Waals surface area contributed by atoms with Gasteiger partial charge < -0.3 is 9.72 Å². The zero-order valence-electron chi connectivity index (χ0n) is 15.8. The van der Waals surface area contributed by atoms with Crippen LogP contribution in [0.2, 0.25) is 0 Å². The van der Waals surface area contributed by atoms with E-state index in [0.29, 0.717) is 0 Å². The fraction of sp³-hybridized carbons (Fsp3) is 0.125. The number of nitrogens with zero attached hydrogens (tertiary/aromatic N) is 1. The van der Waals surface area contributed by atoms with Crippen LogP contribution in [0, 0.1) is 13.8 Å². The lowest BCUT2D eigenvalue weighted by atomic mass is 10.0. The molecule has 0 aliphatic rings. The van der Waals surface area contributed by atoms with E-state index >= 15 is 0 Å². The second-order valence-corrected chi connectivity index (χ2v) is 6.71. The molecule has 0 unspecified atom stereocenters. The summed E-state index contributed by atoms with van der Waals surface area (Å²) >= 11 is 0. The molecule has 0 bridgehead atoms. The lowest BCUT2D eigenvalue weighted by molar-refractivity contribution is 0.415. The number of ether oxygens (including phenoxy) is 1. The van der Waals surface area contributed by atoms with Gasteiger partial charge in [0.05, 0.1) is 18.5 Å². The van der Waals surface area contributed by atoms with Gasteiger partial charge in [-0.3, -0.25) is 0 Å². The third-order valence-corrected chi connectivity index (χ3v) is 4.89. The summed E-state index contributed by atoms with van der Waals surface area (Å²) in [5, 5.41) is 0. The molecule has 0 saturated carbocycles. The Morgan fingerprint density at radius 1 is 0.741 bits per heavy atom. The number of nitrogens with one attached hydrogen (secondary N) is 1. The van der Waals surface area contributed by atoms with Gasteiger partial charge in [0.2, 0.25) is 0 Å². The molecule has 134 valence electrons. The van der Waals surface area contributed by atoms with Crippen LogP contribution in [0.25, 0.3) is 33.9 Å². The van der Waals surface area contributed by atoms with E-state index in [-0.39, 0.29) is 0 Å². The highest BCUT2D eigenvalue weighted by molar-refractivity contribution is 5.81. The van der Waals surface area contributed by atoms with Crippen LogP contribution < -0.4 is 4.74 Å². The van der Waals surface area contributed by atoms with E-state index in [2.05, 4.69) is 49.2 Å². The molecule has 27 heavy (non-hydrogen) atoms. The van der Waals surface area contributed by atoms with Gasteiger partial charge in [0.1, 0.15) is 11.6 Å². The second-order valence-electron chi connectivity index (χ2n) is 6.71. The van der Waals surface area contributed by atoms with Crippen molar-refractivity contribution in [1.82, 2.24) is 9.97 Å². The number of hydrogen-bond donors (Lipinski definition) is 1. The third-order valence-electron chi connectivity index (χ3n) is 4.89. The van der Waals surface area contributed by atoms with E-state index in [4.69, 9.17) is 9.72 Å². The van der Waals surface area contributed by atoms with E-state index in [0.717, 1.165) is 39.7 Å². The van der Waals surface area contributed by atoms with E-state index in [1.165, 1.54) is 11.1 Å². The van der Waals surface area contributed by atoms with Gasteiger partial charge in [-0.2, -0.15) is 0 Å². The smallest absolute Gasteiger partial charge is 0.138 e. The molecular formula is C24H22N2O. The van der Waals surface area contributed by atoms with Crippen molar-refractivity contribution in [1.29, 1.82) is 0 Å². The van der Waals surface area contributed by atoms with Crippen molar-refractivity contribution in [3.05, 3.63) is 83.9 Å². The average molecular weight is 354 g/mol. The number of imidazole rings is 1. The molecule has 0 radical (unpaired) electrons. The zero-order valence-corrected chi connectivity index (χ0v) is 15.8. The number of H-pyrrole nitrogens is 1. The molecule has 0 amide bonds. The molecule has 1 aromatic heterocycles. The summed E-state index contributed by atoms with van der Waals surface area (Å²) in [7, 11) is 1.68. The Hall–Kier alpha value is -3.33. The lowest BCUT2D eigenvalue weighted by Crippen LogP contribution is -1.87. The topological polar surface area (TPSA) is 37.9 Å². The molecule has 0 aliphatic carbocycles. The van der Waals surface area contributed by atoms with Gasteiger partial charge in [-0.15, -0.1) is 0 Å². The van der Waals surface area contributed by atoms with Crippen molar-refractivity contribution < 1.29 is 4.74 Å². The van der Waals surface area contributed by atoms with Crippen molar-refractivity contribution in [3.63, 3.8) is 0 Å². The van der Waals surface area contributed by atoms with Crippen LogP contribution in [0.4, 0.5) is 0 Å². The second kappa shape index (κ2) is 7.12. The summed E-state index contributed by atoms with van der Waals surface area (Å²) in [5.41, 5.74) is 7.76. The summed E-state index contributed by atoms with van der Waals surface area (Å²) in [4.78, 5) is 8.49. The standard InChI is InChI=1S/C24H22N2O/c1-16-12-13-19(14-17(16)2)23-22(18-8-5-4-6-9-18)25-24(26-23)20-10-7-11-21(15-20)27-3/h4-15H,1-3H3,(H,25,26). The first-order valence-electron chi connectivity index (χ1n) is 9.03. The zero-order chi connectivity index (χ0) is 18.8. The van der Waals surface area contributed by atoms with Crippen molar-refractivity contribution in [2.24, 2.45) is 0 Å². The Kier molecular flexibility index (Phi) is 4.51. The number of aromatic amines is 1. The first-order chi connectivity index (χ1) is 13.2. The lowest BCUT2D eigenvalue weighted by Gasteiger charge is -2.06. The van der Waals surface area contributed by atoms with E-state index in [9.17, 15) is 0 Å². The minimum atomic E-state index is 0.817. The van der Waals surface area contributed by atoms with Crippen LogP contribution in [0.5, 0.6) is 5.75 Å². The highest BCUT2D eigenvalue weighted by atomic mass is 16.5. The van der Waals surface area contributed by atoms with Crippen LogP contribution in [0.1, 0.15) is 11.1 Å². The number of methoxy groups -OCH3 is 1. The fourth-order valence-corrected chi connectivity index (χ4v) is 3.19. The van der Waals surface area contributed by atoms with Crippen molar-refractivity contribution >= 4 is 0 Å². The summed E-state index contributed by atoms with van der Waals surface area (Å²) < 4.78 is 5.37. The maximum Gasteiger partial charge on any atom is 0.138 e. The number of aromatic nitrogens is 2. The Morgan fingerprint density at radius 3 is 2.26 bits per heavy atom. The summed E-state index contributed by atoms with van der Waals surface area (Å²) in [6.07, 6.45) is 0. The first-order valence-corrected chi connectivity index (χ1v) is 9.03. The molecule has 1 N–H and O–H groups in total. The molecular weight excluding hydrogens is 332 g/mol. The Morgan fingerprint density at radius 2 is 1.52 bits per heavy atom. The van der Waals surface area contributed by atoms with E-state index in [1.54, 1.807) is 7.11 Å². The minimum absolute atomic E-state index is 0.817. The number of benzene rings is 3. The Labute approximate surface area is 159 Å². The SMILES string of the molecule is COc1cccc(-c2nc(-c3ccc(C)c(C)c3)c(-c3ccccc3)[nH]2)c1. The molecule has 0 spiro atoms. The molecule has 4 rings (SSSR count). The average Bonchev–Trinajstić information content (AvgIpc) is 3.16. The molecule has 0 fully saturated rings. The molecule has 0 atom stereocenters. The highest BCUT2D eigenvalue weighted by Gasteiger charge is 2.16. The fourth-order valence-electron chi connectivity index (χ4n) is 3.19. The van der Waals surface area contributed by atoms with E-state index in [1.807, 2.05) is 42.5 Å². The Bertz CT molecular complexity index is 1080. The van der Waals surface area contributed by atoms with Crippen LogP contribution in [-0.4, -0.2) is 17.1 Å². The van der Waals surface area contributed by atoms with Gasteiger partial charge in [0.15, 0.2) is 0 Å². The Balaban J connectivity index is 1.90. The molecule has 0 aliphatic heterocycles. The van der Waals surface area contributed by atoms with Crippen LogP contribution >= 0.6 is 0 Å².